The van der Waals surface area contributed by atoms with Crippen molar-refractivity contribution < 1.29 is 4.79 Å². The van der Waals surface area contributed by atoms with Crippen LogP contribution in [0.1, 0.15) is 42.5 Å². The summed E-state index contributed by atoms with van der Waals surface area (Å²) in [6.45, 7) is 3.02. The van der Waals surface area contributed by atoms with Gasteiger partial charge in [-0.2, -0.15) is 0 Å². The second-order valence-corrected chi connectivity index (χ2v) is 8.18. The Morgan fingerprint density at radius 3 is 2.25 bits per heavy atom. The van der Waals surface area contributed by atoms with Gasteiger partial charge in [0, 0.05) is 24.1 Å². The molecule has 0 aliphatic carbocycles. The van der Waals surface area contributed by atoms with Crippen molar-refractivity contribution in [1.82, 2.24) is 9.88 Å². The van der Waals surface area contributed by atoms with Gasteiger partial charge in [-0.3, -0.25) is 9.88 Å². The molecule has 0 radical (unpaired) electrons. The summed E-state index contributed by atoms with van der Waals surface area (Å²) in [5.74, 6) is 0. The summed E-state index contributed by atoms with van der Waals surface area (Å²) >= 11 is 0. The molecule has 2 amide bonds. The first-order chi connectivity index (χ1) is 15.7. The molecule has 1 heterocycles. The minimum absolute atomic E-state index is 0.538. The molecule has 0 atom stereocenters. The summed E-state index contributed by atoms with van der Waals surface area (Å²) in [6, 6.07) is 24.2. The smallest absolute Gasteiger partial charge is 0.316 e. The predicted molar refractivity (Wildman–Crippen MR) is 131 cm³/mol. The van der Waals surface area contributed by atoms with Crippen LogP contribution in [0.15, 0.2) is 79.0 Å². The van der Waals surface area contributed by atoms with Crippen molar-refractivity contribution in [2.45, 2.75) is 45.1 Å². The van der Waals surface area contributed by atoms with E-state index in [1.54, 1.807) is 0 Å². The van der Waals surface area contributed by atoms with Gasteiger partial charge >= 0.3 is 6.03 Å². The standard InChI is InChI=1S/C27H34N4O/c28-27(32)30-26-17-15-24(16-18-26)22-31(21-9-14-25-13-6-7-19-29-25)20-8-2-5-12-23-10-3-1-4-11-23/h1,3-4,6-7,10-11,13,15-19H,2,5,8-9,12,14,20-22H2,(H3,28,30,32). The highest BCUT2D eigenvalue weighted by Gasteiger charge is 2.07. The Kier molecular flexibility index (Phi) is 9.74. The molecule has 0 saturated carbocycles. The number of rotatable bonds is 13. The summed E-state index contributed by atoms with van der Waals surface area (Å²) in [5.41, 5.74) is 9.73. The zero-order chi connectivity index (χ0) is 22.4. The number of nitrogens with two attached hydrogens (primary N) is 1. The molecule has 2 aromatic carbocycles. The molecular weight excluding hydrogens is 396 g/mol. The number of nitrogens with one attached hydrogen (secondary N) is 1. The monoisotopic (exact) mass is 430 g/mol. The first-order valence-corrected chi connectivity index (χ1v) is 11.5. The Morgan fingerprint density at radius 2 is 1.53 bits per heavy atom. The van der Waals surface area contributed by atoms with Crippen LogP contribution >= 0.6 is 0 Å². The highest BCUT2D eigenvalue weighted by molar-refractivity contribution is 5.87. The number of aryl methyl sites for hydroxylation is 2. The lowest BCUT2D eigenvalue weighted by Gasteiger charge is -2.22. The molecule has 3 N–H and O–H groups in total. The predicted octanol–water partition coefficient (Wildman–Crippen LogP) is 5.42. The van der Waals surface area contributed by atoms with E-state index in [9.17, 15) is 4.79 Å². The van der Waals surface area contributed by atoms with Crippen LogP contribution in [-0.4, -0.2) is 29.0 Å². The number of carbonyl (C=O) groups excluding carboxylic acids is 1. The van der Waals surface area contributed by atoms with Crippen LogP contribution < -0.4 is 11.1 Å². The number of pyridine rings is 1. The molecule has 3 aromatic rings. The number of benzene rings is 2. The minimum atomic E-state index is -0.538. The first kappa shape index (κ1) is 23.5. The molecule has 5 nitrogen and oxygen atoms in total. The quantitative estimate of drug-likeness (QED) is 0.356. The van der Waals surface area contributed by atoms with Gasteiger partial charge in [0.15, 0.2) is 0 Å². The number of aromatic nitrogens is 1. The Balaban J connectivity index is 1.48. The lowest BCUT2D eigenvalue weighted by Crippen LogP contribution is -2.26. The van der Waals surface area contributed by atoms with Crippen molar-refractivity contribution in [1.29, 1.82) is 0 Å². The van der Waals surface area contributed by atoms with Gasteiger partial charge < -0.3 is 11.1 Å². The molecular formula is C27H34N4O. The van der Waals surface area contributed by atoms with Gasteiger partial charge in [0.25, 0.3) is 0 Å². The second-order valence-electron chi connectivity index (χ2n) is 8.18. The van der Waals surface area contributed by atoms with E-state index in [2.05, 4.69) is 69.8 Å². The molecule has 0 spiro atoms. The fourth-order valence-corrected chi connectivity index (χ4v) is 3.88. The van der Waals surface area contributed by atoms with Gasteiger partial charge in [0.1, 0.15) is 0 Å². The van der Waals surface area contributed by atoms with E-state index in [1.807, 2.05) is 24.4 Å². The number of anilines is 1. The van der Waals surface area contributed by atoms with Crippen LogP contribution in [0, 0.1) is 0 Å². The molecule has 0 bridgehead atoms. The van der Waals surface area contributed by atoms with Crippen LogP contribution in [-0.2, 0) is 19.4 Å². The van der Waals surface area contributed by atoms with E-state index in [0.29, 0.717) is 0 Å². The molecule has 0 aliphatic rings. The fourth-order valence-electron chi connectivity index (χ4n) is 3.88. The molecule has 0 saturated heterocycles. The lowest BCUT2D eigenvalue weighted by molar-refractivity contribution is 0.255. The fraction of sp³-hybridized carbons (Fsp3) is 0.333. The highest BCUT2D eigenvalue weighted by atomic mass is 16.2. The minimum Gasteiger partial charge on any atom is -0.351 e. The molecule has 0 unspecified atom stereocenters. The SMILES string of the molecule is NC(=O)Nc1ccc(CN(CCCCCc2ccccc2)CCCc2ccccn2)cc1. The average molecular weight is 431 g/mol. The zero-order valence-electron chi connectivity index (χ0n) is 18.7. The average Bonchev–Trinajstić information content (AvgIpc) is 2.81. The molecule has 5 heteroatoms. The maximum atomic E-state index is 11.0. The van der Waals surface area contributed by atoms with Crippen molar-refractivity contribution in [3.05, 3.63) is 95.8 Å². The topological polar surface area (TPSA) is 71.2 Å². The molecule has 1 aromatic heterocycles. The summed E-state index contributed by atoms with van der Waals surface area (Å²) in [6.07, 6.45) is 8.73. The molecule has 3 rings (SSSR count). The molecule has 168 valence electrons. The van der Waals surface area contributed by atoms with E-state index in [4.69, 9.17) is 5.73 Å². The summed E-state index contributed by atoms with van der Waals surface area (Å²) in [5, 5.41) is 2.62. The Hall–Kier alpha value is -3.18. The van der Waals surface area contributed by atoms with E-state index in [1.165, 1.54) is 30.4 Å². The third kappa shape index (κ3) is 8.90. The Labute approximate surface area is 191 Å². The number of amides is 2. The maximum Gasteiger partial charge on any atom is 0.316 e. The van der Waals surface area contributed by atoms with Crippen molar-refractivity contribution in [3.8, 4) is 0 Å². The summed E-state index contributed by atoms with van der Waals surface area (Å²) in [7, 11) is 0. The van der Waals surface area contributed by atoms with E-state index < -0.39 is 6.03 Å². The largest absolute Gasteiger partial charge is 0.351 e. The Morgan fingerprint density at radius 1 is 0.781 bits per heavy atom. The van der Waals surface area contributed by atoms with Crippen molar-refractivity contribution in [2.24, 2.45) is 5.73 Å². The summed E-state index contributed by atoms with van der Waals surface area (Å²) < 4.78 is 0. The van der Waals surface area contributed by atoms with Gasteiger partial charge in [0.2, 0.25) is 0 Å². The van der Waals surface area contributed by atoms with Crippen LogP contribution in [0.3, 0.4) is 0 Å². The molecule has 32 heavy (non-hydrogen) atoms. The van der Waals surface area contributed by atoms with Gasteiger partial charge in [-0.05, 0) is 80.6 Å². The van der Waals surface area contributed by atoms with Gasteiger partial charge in [-0.15, -0.1) is 0 Å². The number of carbonyl (C=O) groups is 1. The van der Waals surface area contributed by atoms with E-state index in [-0.39, 0.29) is 0 Å². The lowest BCUT2D eigenvalue weighted by atomic mass is 10.1. The van der Waals surface area contributed by atoms with Crippen molar-refractivity contribution >= 4 is 11.7 Å². The number of urea groups is 1. The van der Waals surface area contributed by atoms with Crippen LogP contribution in [0.25, 0.3) is 0 Å². The number of primary amides is 1. The normalized spacial score (nSPS) is 10.9. The zero-order valence-corrected chi connectivity index (χ0v) is 18.7. The number of unbranched alkanes of at least 4 members (excludes halogenated alkanes) is 2. The second kappa shape index (κ2) is 13.3. The Bertz CT molecular complexity index is 913. The van der Waals surface area contributed by atoms with Gasteiger partial charge in [-0.25, -0.2) is 4.79 Å². The van der Waals surface area contributed by atoms with Gasteiger partial charge in [-0.1, -0.05) is 55.0 Å². The molecule has 0 fully saturated rings. The number of hydrogen-bond acceptors (Lipinski definition) is 3. The maximum absolute atomic E-state index is 11.0. The highest BCUT2D eigenvalue weighted by Crippen LogP contribution is 2.14. The number of nitrogens with zero attached hydrogens (tertiary/aromatic N) is 2. The van der Waals surface area contributed by atoms with Crippen molar-refractivity contribution in [2.75, 3.05) is 18.4 Å². The molecule has 0 aliphatic heterocycles. The third-order valence-corrected chi connectivity index (χ3v) is 5.54. The van der Waals surface area contributed by atoms with Gasteiger partial charge in [0.05, 0.1) is 0 Å². The first-order valence-electron chi connectivity index (χ1n) is 11.5. The van der Waals surface area contributed by atoms with Crippen LogP contribution in [0.5, 0.6) is 0 Å². The van der Waals surface area contributed by atoms with Crippen LogP contribution in [0.2, 0.25) is 0 Å². The van der Waals surface area contributed by atoms with E-state index >= 15 is 0 Å². The summed E-state index contributed by atoms with van der Waals surface area (Å²) in [4.78, 5) is 18.0. The van der Waals surface area contributed by atoms with Crippen LogP contribution in [0.4, 0.5) is 10.5 Å². The third-order valence-electron chi connectivity index (χ3n) is 5.54. The van der Waals surface area contributed by atoms with E-state index in [0.717, 1.165) is 50.3 Å². The number of hydrogen-bond donors (Lipinski definition) is 2. The van der Waals surface area contributed by atoms with Crippen molar-refractivity contribution in [3.63, 3.8) is 0 Å².